The third kappa shape index (κ3) is 4.00. The van der Waals surface area contributed by atoms with E-state index in [4.69, 9.17) is 4.42 Å². The van der Waals surface area contributed by atoms with Crippen molar-refractivity contribution in [1.82, 2.24) is 19.8 Å². The fourth-order valence-electron chi connectivity index (χ4n) is 2.61. The second-order valence-electron chi connectivity index (χ2n) is 5.87. The molecule has 0 aliphatic carbocycles. The second kappa shape index (κ2) is 8.06. The molecule has 2 aromatic rings. The molecule has 0 unspecified atom stereocenters. The first kappa shape index (κ1) is 18.1. The van der Waals surface area contributed by atoms with Gasteiger partial charge in [0.1, 0.15) is 17.8 Å². The van der Waals surface area contributed by atoms with E-state index < -0.39 is 0 Å². The van der Waals surface area contributed by atoms with Crippen LogP contribution in [0.4, 0.5) is 0 Å². The van der Waals surface area contributed by atoms with Gasteiger partial charge in [-0.25, -0.2) is 9.97 Å². The number of rotatable bonds is 7. The molecule has 2 aromatic heterocycles. The fraction of sp³-hybridized carbons (Fsp3) is 0.500. The molecule has 1 amide bonds. The summed E-state index contributed by atoms with van der Waals surface area (Å²) in [6, 6.07) is 3.54. The molecular formula is C18H26N4O2. The zero-order valence-electron chi connectivity index (χ0n) is 15.1. The number of amides is 1. The van der Waals surface area contributed by atoms with E-state index in [-0.39, 0.29) is 11.9 Å². The molecule has 6 nitrogen and oxygen atoms in total. The lowest BCUT2D eigenvalue weighted by Gasteiger charge is -2.24. The van der Waals surface area contributed by atoms with Crippen molar-refractivity contribution in [3.63, 3.8) is 0 Å². The normalized spacial score (nSPS) is 12.4. The zero-order chi connectivity index (χ0) is 17.7. The Kier molecular flexibility index (Phi) is 6.09. The van der Waals surface area contributed by atoms with Crippen LogP contribution in [0.15, 0.2) is 29.1 Å². The van der Waals surface area contributed by atoms with E-state index in [1.165, 1.54) is 6.33 Å². The van der Waals surface area contributed by atoms with Gasteiger partial charge in [-0.2, -0.15) is 0 Å². The summed E-state index contributed by atoms with van der Waals surface area (Å²) < 4.78 is 5.79. The quantitative estimate of drug-likeness (QED) is 0.781. The van der Waals surface area contributed by atoms with Crippen LogP contribution in [0, 0.1) is 6.92 Å². The highest BCUT2D eigenvalue weighted by molar-refractivity contribution is 5.95. The Morgan fingerprint density at radius 2 is 2.04 bits per heavy atom. The summed E-state index contributed by atoms with van der Waals surface area (Å²) >= 11 is 0. The Balaban J connectivity index is 2.15. The lowest BCUT2D eigenvalue weighted by atomic mass is 10.1. The second-order valence-corrected chi connectivity index (χ2v) is 5.87. The number of aromatic nitrogens is 2. The highest BCUT2D eigenvalue weighted by atomic mass is 16.3. The van der Waals surface area contributed by atoms with Crippen LogP contribution in [0.1, 0.15) is 54.4 Å². The molecule has 0 aliphatic rings. The largest absolute Gasteiger partial charge is 0.464 e. The van der Waals surface area contributed by atoms with Gasteiger partial charge in [0.05, 0.1) is 23.8 Å². The van der Waals surface area contributed by atoms with Gasteiger partial charge in [-0.05, 0) is 39.1 Å². The van der Waals surface area contributed by atoms with Crippen molar-refractivity contribution in [2.24, 2.45) is 0 Å². The molecule has 0 saturated heterocycles. The van der Waals surface area contributed by atoms with Crippen LogP contribution in [0.5, 0.6) is 0 Å². The highest BCUT2D eigenvalue weighted by Crippen LogP contribution is 2.22. The number of aryl methyl sites for hydroxylation is 1. The molecule has 0 bridgehead atoms. The summed E-state index contributed by atoms with van der Waals surface area (Å²) in [5.41, 5.74) is 1.42. The Morgan fingerprint density at radius 3 is 2.62 bits per heavy atom. The maximum absolute atomic E-state index is 12.8. The minimum Gasteiger partial charge on any atom is -0.464 e. The predicted octanol–water partition coefficient (Wildman–Crippen LogP) is 3.05. The van der Waals surface area contributed by atoms with Crippen molar-refractivity contribution in [1.29, 1.82) is 0 Å². The topological polar surface area (TPSA) is 62.5 Å². The van der Waals surface area contributed by atoms with E-state index in [0.29, 0.717) is 17.9 Å². The van der Waals surface area contributed by atoms with Gasteiger partial charge >= 0.3 is 0 Å². The first-order chi connectivity index (χ1) is 11.5. The molecule has 130 valence electrons. The average molecular weight is 330 g/mol. The minimum atomic E-state index is -0.138. The Hall–Kier alpha value is -2.21. The predicted molar refractivity (Wildman–Crippen MR) is 92.6 cm³/mol. The van der Waals surface area contributed by atoms with Crippen LogP contribution in [-0.4, -0.2) is 45.8 Å². The SMILES string of the molecule is CCN(CC)Cc1cc(C(=O)N(C)[C@@H](C)c2ccncn2)c(C)o1. The lowest BCUT2D eigenvalue weighted by molar-refractivity contribution is 0.0738. The number of carbonyl (C=O) groups is 1. The molecule has 0 spiro atoms. The maximum Gasteiger partial charge on any atom is 0.257 e. The van der Waals surface area contributed by atoms with Crippen LogP contribution in [0.2, 0.25) is 0 Å². The van der Waals surface area contributed by atoms with E-state index in [1.54, 1.807) is 18.1 Å². The van der Waals surface area contributed by atoms with Gasteiger partial charge in [0, 0.05) is 13.2 Å². The third-order valence-electron chi connectivity index (χ3n) is 4.41. The van der Waals surface area contributed by atoms with E-state index in [0.717, 1.165) is 24.5 Å². The van der Waals surface area contributed by atoms with Crippen LogP contribution >= 0.6 is 0 Å². The Morgan fingerprint density at radius 1 is 1.33 bits per heavy atom. The van der Waals surface area contributed by atoms with Crippen molar-refractivity contribution in [2.45, 2.75) is 40.3 Å². The van der Waals surface area contributed by atoms with Crippen molar-refractivity contribution >= 4 is 5.91 Å². The third-order valence-corrected chi connectivity index (χ3v) is 4.41. The molecule has 0 N–H and O–H groups in total. The molecular weight excluding hydrogens is 304 g/mol. The summed E-state index contributed by atoms with van der Waals surface area (Å²) in [6.45, 7) is 10.6. The lowest BCUT2D eigenvalue weighted by Crippen LogP contribution is -2.30. The summed E-state index contributed by atoms with van der Waals surface area (Å²) in [7, 11) is 1.78. The molecule has 24 heavy (non-hydrogen) atoms. The van der Waals surface area contributed by atoms with Crippen molar-refractivity contribution in [3.05, 3.63) is 47.4 Å². The van der Waals surface area contributed by atoms with Gasteiger partial charge in [-0.1, -0.05) is 13.8 Å². The van der Waals surface area contributed by atoms with Gasteiger partial charge in [0.2, 0.25) is 0 Å². The number of nitrogens with zero attached hydrogens (tertiary/aromatic N) is 4. The summed E-state index contributed by atoms with van der Waals surface area (Å²) in [5.74, 6) is 1.42. The molecule has 2 heterocycles. The van der Waals surface area contributed by atoms with Crippen LogP contribution < -0.4 is 0 Å². The highest BCUT2D eigenvalue weighted by Gasteiger charge is 2.24. The van der Waals surface area contributed by atoms with Gasteiger partial charge in [-0.15, -0.1) is 0 Å². The van der Waals surface area contributed by atoms with Crippen LogP contribution in [0.25, 0.3) is 0 Å². The smallest absolute Gasteiger partial charge is 0.257 e. The van der Waals surface area contributed by atoms with E-state index >= 15 is 0 Å². The molecule has 2 rings (SSSR count). The van der Waals surface area contributed by atoms with Crippen molar-refractivity contribution < 1.29 is 9.21 Å². The number of hydrogen-bond donors (Lipinski definition) is 0. The van der Waals surface area contributed by atoms with Crippen LogP contribution in [-0.2, 0) is 6.54 Å². The maximum atomic E-state index is 12.8. The van der Waals surface area contributed by atoms with Gasteiger partial charge in [0.25, 0.3) is 5.91 Å². The number of hydrogen-bond acceptors (Lipinski definition) is 5. The van der Waals surface area contributed by atoms with Gasteiger partial charge < -0.3 is 9.32 Å². The first-order valence-electron chi connectivity index (χ1n) is 8.32. The monoisotopic (exact) mass is 330 g/mol. The molecule has 0 aromatic carbocycles. The molecule has 0 radical (unpaired) electrons. The molecule has 0 aliphatic heterocycles. The van der Waals surface area contributed by atoms with Gasteiger partial charge in [-0.3, -0.25) is 9.69 Å². The summed E-state index contributed by atoms with van der Waals surface area (Å²) in [5, 5.41) is 0. The summed E-state index contributed by atoms with van der Waals surface area (Å²) in [4.78, 5) is 24.9. The molecule has 1 atom stereocenters. The van der Waals surface area contributed by atoms with Crippen LogP contribution in [0.3, 0.4) is 0 Å². The fourth-order valence-corrected chi connectivity index (χ4v) is 2.61. The van der Waals surface area contributed by atoms with Crippen molar-refractivity contribution in [2.75, 3.05) is 20.1 Å². The Labute approximate surface area is 143 Å². The first-order valence-corrected chi connectivity index (χ1v) is 8.32. The number of furan rings is 1. The average Bonchev–Trinajstić information content (AvgIpc) is 2.98. The molecule has 0 fully saturated rings. The standard InChI is InChI=1S/C18H26N4O2/c1-6-22(7-2)11-15-10-16(14(4)24-15)18(23)21(5)13(3)17-8-9-19-12-20-17/h8-10,12-13H,6-7,11H2,1-5H3/t13-/m0/s1. The van der Waals surface area contributed by atoms with E-state index in [2.05, 4.69) is 28.7 Å². The van der Waals surface area contributed by atoms with E-state index in [9.17, 15) is 4.79 Å². The minimum absolute atomic E-state index is 0.0619. The van der Waals surface area contributed by atoms with Gasteiger partial charge in [0.15, 0.2) is 0 Å². The summed E-state index contributed by atoms with van der Waals surface area (Å²) in [6.07, 6.45) is 3.18. The Bertz CT molecular complexity index is 665. The van der Waals surface area contributed by atoms with Crippen molar-refractivity contribution in [3.8, 4) is 0 Å². The zero-order valence-corrected chi connectivity index (χ0v) is 15.1. The van der Waals surface area contributed by atoms with E-state index in [1.807, 2.05) is 26.0 Å². The molecule has 0 saturated carbocycles. The number of carbonyl (C=O) groups excluding carboxylic acids is 1. The molecule has 6 heteroatoms.